The largest absolute Gasteiger partial charge is 0.315 e. The highest BCUT2D eigenvalue weighted by molar-refractivity contribution is 9.10. The Balaban J connectivity index is 2.47. The second-order valence-corrected chi connectivity index (χ2v) is 5.05. The molecule has 5 heteroatoms. The minimum Gasteiger partial charge on any atom is -0.315 e. The van der Waals surface area contributed by atoms with E-state index in [0.29, 0.717) is 0 Å². The minimum absolute atomic E-state index is 0.0498. The summed E-state index contributed by atoms with van der Waals surface area (Å²) in [5.74, 6) is -0.524. The molecule has 2 rings (SSSR count). The molecule has 0 saturated heterocycles. The molecule has 1 heterocycles. The first-order valence-corrected chi connectivity index (χ1v) is 5.93. The number of likely N-dealkylation sites (N-methyl/N-ethyl adjacent to an activating group) is 1. The van der Waals surface area contributed by atoms with Crippen molar-refractivity contribution in [1.29, 1.82) is 0 Å². The van der Waals surface area contributed by atoms with Crippen LogP contribution in [0.1, 0.15) is 17.9 Å². The van der Waals surface area contributed by atoms with E-state index in [0.717, 1.165) is 15.7 Å². The SMILES string of the molecule is CN1C(=O)C(CC(=O)Cl)c2cc(Br)ccc21. The van der Waals surface area contributed by atoms with Gasteiger partial charge >= 0.3 is 0 Å². The molecule has 0 spiro atoms. The Hall–Kier alpha value is -0.870. The van der Waals surface area contributed by atoms with Crippen molar-refractivity contribution in [1.82, 2.24) is 0 Å². The third-order valence-electron chi connectivity index (χ3n) is 2.72. The van der Waals surface area contributed by atoms with E-state index in [1.165, 1.54) is 0 Å². The lowest BCUT2D eigenvalue weighted by Gasteiger charge is -2.09. The number of rotatable bonds is 2. The first kappa shape index (κ1) is 11.6. The van der Waals surface area contributed by atoms with Crippen molar-refractivity contribution in [3.63, 3.8) is 0 Å². The van der Waals surface area contributed by atoms with Crippen LogP contribution in [0.25, 0.3) is 0 Å². The van der Waals surface area contributed by atoms with Crippen molar-refractivity contribution in [3.05, 3.63) is 28.2 Å². The molecular weight excluding hydrogens is 293 g/mol. The van der Waals surface area contributed by atoms with Crippen molar-refractivity contribution in [2.45, 2.75) is 12.3 Å². The standard InChI is InChI=1S/C11H9BrClNO2/c1-14-9-3-2-6(12)4-7(9)8(11(14)16)5-10(13)15/h2-4,8H,5H2,1H3. The van der Waals surface area contributed by atoms with Gasteiger partial charge in [0.2, 0.25) is 11.1 Å². The molecule has 1 aromatic rings. The zero-order valence-electron chi connectivity index (χ0n) is 8.54. The lowest BCUT2D eigenvalue weighted by atomic mass is 9.98. The van der Waals surface area contributed by atoms with Crippen LogP contribution in [0.3, 0.4) is 0 Å². The Labute approximate surface area is 107 Å². The van der Waals surface area contributed by atoms with Gasteiger partial charge in [0.15, 0.2) is 0 Å². The van der Waals surface area contributed by atoms with Gasteiger partial charge < -0.3 is 4.90 Å². The summed E-state index contributed by atoms with van der Waals surface area (Å²) >= 11 is 8.71. The number of fused-ring (bicyclic) bond motifs is 1. The molecule has 1 atom stereocenters. The van der Waals surface area contributed by atoms with Crippen LogP contribution in [-0.2, 0) is 9.59 Å². The molecule has 1 aliphatic rings. The van der Waals surface area contributed by atoms with Gasteiger partial charge in [-0.25, -0.2) is 0 Å². The predicted octanol–water partition coefficient (Wildman–Crippen LogP) is 2.66. The van der Waals surface area contributed by atoms with E-state index >= 15 is 0 Å². The fourth-order valence-electron chi connectivity index (χ4n) is 1.95. The molecule has 1 unspecified atom stereocenters. The van der Waals surface area contributed by atoms with E-state index in [2.05, 4.69) is 15.9 Å². The van der Waals surface area contributed by atoms with Crippen molar-refractivity contribution in [2.75, 3.05) is 11.9 Å². The van der Waals surface area contributed by atoms with Crippen LogP contribution in [0.4, 0.5) is 5.69 Å². The average molecular weight is 303 g/mol. The third kappa shape index (κ3) is 1.87. The highest BCUT2D eigenvalue weighted by atomic mass is 79.9. The Kier molecular flexibility index (Phi) is 3.04. The summed E-state index contributed by atoms with van der Waals surface area (Å²) in [6, 6.07) is 5.59. The molecule has 0 aliphatic carbocycles. The molecule has 0 fully saturated rings. The van der Waals surface area contributed by atoms with Crippen molar-refractivity contribution in [3.8, 4) is 0 Å². The van der Waals surface area contributed by atoms with Crippen molar-refractivity contribution < 1.29 is 9.59 Å². The van der Waals surface area contributed by atoms with E-state index in [4.69, 9.17) is 11.6 Å². The highest BCUT2D eigenvalue weighted by Crippen LogP contribution is 2.39. The average Bonchev–Trinajstić information content (AvgIpc) is 2.43. The molecule has 0 radical (unpaired) electrons. The second-order valence-electron chi connectivity index (χ2n) is 3.71. The molecule has 16 heavy (non-hydrogen) atoms. The summed E-state index contributed by atoms with van der Waals surface area (Å²) in [5, 5.41) is -0.487. The topological polar surface area (TPSA) is 37.4 Å². The molecule has 0 N–H and O–H groups in total. The van der Waals surface area contributed by atoms with E-state index in [1.807, 2.05) is 18.2 Å². The number of carbonyl (C=O) groups is 2. The predicted molar refractivity (Wildman–Crippen MR) is 65.8 cm³/mol. The van der Waals surface area contributed by atoms with Crippen LogP contribution < -0.4 is 4.90 Å². The lowest BCUT2D eigenvalue weighted by Crippen LogP contribution is -2.24. The highest BCUT2D eigenvalue weighted by Gasteiger charge is 2.36. The number of anilines is 1. The van der Waals surface area contributed by atoms with Crippen LogP contribution in [0.2, 0.25) is 0 Å². The lowest BCUT2D eigenvalue weighted by molar-refractivity contribution is -0.121. The Morgan fingerprint density at radius 3 is 2.88 bits per heavy atom. The quantitative estimate of drug-likeness (QED) is 0.788. The first-order valence-electron chi connectivity index (χ1n) is 4.76. The Morgan fingerprint density at radius 2 is 2.25 bits per heavy atom. The van der Waals surface area contributed by atoms with Gasteiger partial charge in [-0.15, -0.1) is 0 Å². The minimum atomic E-state index is -0.487. The van der Waals surface area contributed by atoms with Gasteiger partial charge in [-0.1, -0.05) is 15.9 Å². The fraction of sp³-hybridized carbons (Fsp3) is 0.273. The molecule has 1 aromatic carbocycles. The van der Waals surface area contributed by atoms with Gasteiger partial charge in [-0.05, 0) is 35.4 Å². The van der Waals surface area contributed by atoms with Crippen LogP contribution >= 0.6 is 27.5 Å². The molecule has 1 amide bonds. The molecule has 84 valence electrons. The first-order chi connectivity index (χ1) is 7.50. The normalized spacial score (nSPS) is 18.8. The summed E-state index contributed by atoms with van der Waals surface area (Å²) in [5.41, 5.74) is 1.70. The summed E-state index contributed by atoms with van der Waals surface area (Å²) in [6.45, 7) is 0. The number of halogens is 2. The molecule has 0 aromatic heterocycles. The van der Waals surface area contributed by atoms with Gasteiger partial charge in [0.05, 0.1) is 5.92 Å². The van der Waals surface area contributed by atoms with Crippen LogP contribution in [0, 0.1) is 0 Å². The molecule has 0 bridgehead atoms. The molecule has 1 aliphatic heterocycles. The maximum atomic E-state index is 11.9. The second kappa shape index (κ2) is 4.18. The van der Waals surface area contributed by atoms with Gasteiger partial charge in [0.25, 0.3) is 0 Å². The summed E-state index contributed by atoms with van der Waals surface area (Å²) in [6.07, 6.45) is 0.0498. The van der Waals surface area contributed by atoms with Crippen LogP contribution in [0.5, 0.6) is 0 Å². The van der Waals surface area contributed by atoms with Crippen molar-refractivity contribution >= 4 is 44.4 Å². The van der Waals surface area contributed by atoms with Crippen molar-refractivity contribution in [2.24, 2.45) is 0 Å². The summed E-state index contributed by atoms with van der Waals surface area (Å²) < 4.78 is 0.890. The number of nitrogens with zero attached hydrogens (tertiary/aromatic N) is 1. The zero-order valence-corrected chi connectivity index (χ0v) is 10.9. The van der Waals surface area contributed by atoms with E-state index in [-0.39, 0.29) is 12.3 Å². The summed E-state index contributed by atoms with van der Waals surface area (Å²) in [4.78, 5) is 24.4. The van der Waals surface area contributed by atoms with Crippen LogP contribution in [-0.4, -0.2) is 18.2 Å². The molecule has 0 saturated carbocycles. The van der Waals surface area contributed by atoms with Gasteiger partial charge in [-0.2, -0.15) is 0 Å². The number of amides is 1. The Morgan fingerprint density at radius 1 is 1.56 bits per heavy atom. The maximum Gasteiger partial charge on any atom is 0.234 e. The van der Waals surface area contributed by atoms with Gasteiger partial charge in [-0.3, -0.25) is 9.59 Å². The number of hydrogen-bond acceptors (Lipinski definition) is 2. The molecular formula is C11H9BrClNO2. The number of carbonyl (C=O) groups excluding carboxylic acids is 2. The van der Waals surface area contributed by atoms with E-state index in [9.17, 15) is 9.59 Å². The van der Waals surface area contributed by atoms with Gasteiger partial charge in [0.1, 0.15) is 0 Å². The number of hydrogen-bond donors (Lipinski definition) is 0. The zero-order chi connectivity index (χ0) is 11.9. The third-order valence-corrected chi connectivity index (χ3v) is 3.37. The van der Waals surface area contributed by atoms with E-state index in [1.54, 1.807) is 11.9 Å². The van der Waals surface area contributed by atoms with Crippen LogP contribution in [0.15, 0.2) is 22.7 Å². The van der Waals surface area contributed by atoms with E-state index < -0.39 is 11.2 Å². The maximum absolute atomic E-state index is 11.9. The fourth-order valence-corrected chi connectivity index (χ4v) is 2.49. The number of benzene rings is 1. The Bertz CT molecular complexity index is 475. The monoisotopic (exact) mass is 301 g/mol. The smallest absolute Gasteiger partial charge is 0.234 e. The van der Waals surface area contributed by atoms with Gasteiger partial charge in [0, 0.05) is 23.6 Å². The summed E-state index contributed by atoms with van der Waals surface area (Å²) in [7, 11) is 1.70. The molecule has 3 nitrogen and oxygen atoms in total.